The number of carbonyl (C=O) groups excluding carboxylic acids is 1. The quantitative estimate of drug-likeness (QED) is 0.0549. The van der Waals surface area contributed by atoms with Gasteiger partial charge in [0, 0.05) is 46.2 Å². The Kier molecular flexibility index (Phi) is 90.9. The minimum absolute atomic E-state index is 0. The van der Waals surface area contributed by atoms with Crippen LogP contribution in [-0.4, -0.2) is 251 Å². The first-order chi connectivity index (χ1) is 41.3. The number of hydrogen-bond acceptors (Lipinski definition) is 24. The highest BCUT2D eigenvalue weighted by Gasteiger charge is 2.41. The molecule has 0 amide bonds. The van der Waals surface area contributed by atoms with Gasteiger partial charge in [-0.15, -0.1) is 0 Å². The van der Waals surface area contributed by atoms with Crippen LogP contribution in [0.3, 0.4) is 0 Å². The molecule has 8 rings (SSSR count). The van der Waals surface area contributed by atoms with E-state index in [1.54, 1.807) is 27.2 Å². The van der Waals surface area contributed by atoms with E-state index in [0.717, 1.165) is 64.8 Å². The van der Waals surface area contributed by atoms with Crippen LogP contribution in [0.2, 0.25) is 0 Å². The number of hydrogen-bond donors (Lipinski definition) is 13. The lowest BCUT2D eigenvalue weighted by atomic mass is 9.89. The van der Waals surface area contributed by atoms with E-state index in [2.05, 4.69) is 106 Å². The van der Waals surface area contributed by atoms with Gasteiger partial charge in [0.05, 0.1) is 76.8 Å². The van der Waals surface area contributed by atoms with Crippen LogP contribution in [0.4, 0.5) is 0 Å². The van der Waals surface area contributed by atoms with E-state index in [9.17, 15) is 4.79 Å². The van der Waals surface area contributed by atoms with E-state index >= 15 is 0 Å². The Morgan fingerprint density at radius 2 is 1.00 bits per heavy atom. The average Bonchev–Trinajstić information content (AvgIpc) is 2.80. The highest BCUT2D eigenvalue weighted by Crippen LogP contribution is 2.31. The van der Waals surface area contributed by atoms with Crippen LogP contribution >= 0.6 is 0 Å². The van der Waals surface area contributed by atoms with Gasteiger partial charge in [-0.3, -0.25) is 0 Å². The molecule has 0 aromatic carbocycles. The zero-order valence-corrected chi connectivity index (χ0v) is 57.6. The molecule has 24 nitrogen and oxygen atoms in total. The number of methoxy groups -OCH3 is 2. The number of ether oxygens (including phenoxy) is 10. The first-order valence-electron chi connectivity index (χ1n) is 32.1. The minimum atomic E-state index is -1.38. The van der Waals surface area contributed by atoms with Crippen LogP contribution in [0.5, 0.6) is 0 Å². The zero-order chi connectivity index (χ0) is 68.8. The number of aliphatic hydroxyl groups is 13. The Morgan fingerprint density at radius 1 is 0.542 bits per heavy atom. The fourth-order valence-corrected chi connectivity index (χ4v) is 8.64. The topological polar surface area (TPSA) is 372 Å². The molecule has 7 fully saturated rings. The van der Waals surface area contributed by atoms with Gasteiger partial charge in [0.2, 0.25) is 0 Å². The molecule has 0 spiro atoms. The molecule has 1 unspecified atom stereocenters. The molecule has 24 heteroatoms. The largest absolute Gasteiger partial charge is 0.394 e. The lowest BCUT2D eigenvalue weighted by molar-refractivity contribution is -0.167. The summed E-state index contributed by atoms with van der Waals surface area (Å²) in [5.41, 5.74) is 0.856. The van der Waals surface area contributed by atoms with E-state index in [1.165, 1.54) is 25.7 Å². The second-order valence-electron chi connectivity index (χ2n) is 24.9. The average molecular weight is 1410 g/mol. The van der Waals surface area contributed by atoms with E-state index in [1.807, 2.05) is 13.8 Å². The summed E-state index contributed by atoms with van der Waals surface area (Å²) in [7, 11) is 3.28. The summed E-state index contributed by atoms with van der Waals surface area (Å²) < 4.78 is 51.1. The second-order valence-corrected chi connectivity index (χ2v) is 24.9. The maximum absolute atomic E-state index is 10.0. The summed E-state index contributed by atoms with van der Waals surface area (Å²) >= 11 is 0. The van der Waals surface area contributed by atoms with Crippen molar-refractivity contribution in [3.8, 4) is 0 Å². The Morgan fingerprint density at radius 3 is 1.21 bits per heavy atom. The normalized spacial score (nSPS) is 30.8. The first-order valence-corrected chi connectivity index (χ1v) is 32.1. The summed E-state index contributed by atoms with van der Waals surface area (Å²) in [5, 5.41) is 114. The van der Waals surface area contributed by atoms with Crippen LogP contribution in [0.15, 0.2) is 11.6 Å². The van der Waals surface area contributed by atoms with Gasteiger partial charge in [0.25, 0.3) is 0 Å². The van der Waals surface area contributed by atoms with Crippen LogP contribution in [-0.2, 0) is 52.2 Å². The van der Waals surface area contributed by atoms with Crippen molar-refractivity contribution in [3.63, 3.8) is 0 Å². The molecule has 1 aliphatic carbocycles. The van der Waals surface area contributed by atoms with Crippen molar-refractivity contribution in [2.24, 2.45) is 29.1 Å². The van der Waals surface area contributed by atoms with Crippen molar-refractivity contribution in [1.82, 2.24) is 0 Å². The SMILES string of the molecule is C.C.C.C.C.C.C.C.CC(C)(C)CC1COC(C)(C)O1.CCC.CCC.CCC.CCC.COC(OC)[C@H]1C[C@@H](C)CO1.C[C@@H]1C=C(CO)[C@@H](O)[C@H]1O.C[C@H]1CO[C@@H](C=O)C1.C[C@H]1CO[C@@H](CO)C1.OC[C@@H]1CC[C@H](O)O1.OC[C@H]1O[C@@H](O)C[C@@H]1O.OC[C@H]1O[C@@H](O)[C@H](O)[C@@H]1O. The van der Waals surface area contributed by atoms with Gasteiger partial charge in [0.15, 0.2) is 30.9 Å². The van der Waals surface area contributed by atoms with E-state index in [-0.39, 0.29) is 141 Å². The van der Waals surface area contributed by atoms with Gasteiger partial charge in [0.1, 0.15) is 49.0 Å². The maximum atomic E-state index is 10.0. The molecular formula is C72H164O24. The molecule has 596 valence electrons. The summed E-state index contributed by atoms with van der Waals surface area (Å²) in [4.78, 5) is 10.0. The number of rotatable bonds is 10. The van der Waals surface area contributed by atoms with Crippen LogP contribution in [0.1, 0.15) is 248 Å². The van der Waals surface area contributed by atoms with Gasteiger partial charge in [-0.25, -0.2) is 0 Å². The molecule has 13 N–H and O–H groups in total. The molecule has 7 aliphatic heterocycles. The number of carbonyl (C=O) groups is 1. The minimum Gasteiger partial charge on any atom is -0.394 e. The summed E-state index contributed by atoms with van der Waals surface area (Å²) in [6, 6.07) is 0. The van der Waals surface area contributed by atoms with Gasteiger partial charge < -0.3 is 119 Å². The highest BCUT2D eigenvalue weighted by atomic mass is 16.7. The van der Waals surface area contributed by atoms with Crippen molar-refractivity contribution < 1.29 is 119 Å². The predicted octanol–water partition coefficient (Wildman–Crippen LogP) is 9.99. The Labute approximate surface area is 589 Å². The third kappa shape index (κ3) is 59.1. The molecule has 19 atom stereocenters. The molecule has 0 bridgehead atoms. The van der Waals surface area contributed by atoms with E-state index in [4.69, 9.17) is 104 Å². The molecule has 96 heavy (non-hydrogen) atoms. The van der Waals surface area contributed by atoms with E-state index < -0.39 is 68.2 Å². The van der Waals surface area contributed by atoms with Crippen LogP contribution < -0.4 is 0 Å². The molecule has 0 radical (unpaired) electrons. The third-order valence-electron chi connectivity index (χ3n) is 12.9. The standard InChI is InChI=1S/C10H20O2.C8H16O3.C7H12O3.C6H12O2.C6H10O2.C5H10O5.C5H10O4.C5H10O3.4C3H8.8CH4/c1-9(2,3)6-8-7-11-10(4,5)12-8;1-6-4-7(11-5-6)8(9-2)10-3;1-4-2-5(3-8)7(10)6(4)9;2*1-5-2-6(3-7)8-4-5;6-1-2-3(7)4(8)5(9)10-2;6-2-4-3(7)1-5(8)9-4;6-3-4-1-2-5(7)8-4;4*1-3-2;;;;;;;;/h8H,6-7H2,1-5H3;6-8H,4-5H2,1-3H3;2,4,6-10H,3H2,1H3;5-7H,2-4H2,1H3;3,5-6H,2,4H2,1H3;2-9H,1H2;3-8H,1-2H2;4-7H,1-3H2;4*3H2,1-2H3;8*1H4/t;6-,7-;4-,6+,7-;2*5-,6-;2-,3-,4-,5-;3-,4+,5+;4-,5+;;;;;;;;;;;;/m.1111100............/s1. The van der Waals surface area contributed by atoms with Gasteiger partial charge in [-0.05, 0) is 74.7 Å². The van der Waals surface area contributed by atoms with Crippen LogP contribution in [0, 0.1) is 29.1 Å². The van der Waals surface area contributed by atoms with Crippen molar-refractivity contribution >= 4 is 6.29 Å². The smallest absolute Gasteiger partial charge is 0.184 e. The monoisotopic (exact) mass is 1410 g/mol. The van der Waals surface area contributed by atoms with Crippen LogP contribution in [0.25, 0.3) is 0 Å². The molecular weight excluding hydrogens is 1250 g/mol. The molecule has 0 aromatic heterocycles. The lowest BCUT2D eigenvalue weighted by Crippen LogP contribution is -2.33. The number of aliphatic hydroxyl groups excluding tert-OH is 13. The molecule has 7 saturated heterocycles. The Bertz CT molecular complexity index is 1570. The van der Waals surface area contributed by atoms with Crippen molar-refractivity contribution in [1.29, 1.82) is 0 Å². The van der Waals surface area contributed by atoms with Gasteiger partial charge in [-0.2, -0.15) is 0 Å². The highest BCUT2D eigenvalue weighted by molar-refractivity contribution is 5.56. The predicted molar refractivity (Wildman–Crippen MR) is 390 cm³/mol. The molecule has 0 saturated carbocycles. The fourth-order valence-electron chi connectivity index (χ4n) is 8.64. The number of aldehydes is 1. The first kappa shape index (κ1) is 121. The Balaban J connectivity index is -0.0000000812. The summed E-state index contributed by atoms with van der Waals surface area (Å²) in [6.45, 7) is 38.3. The van der Waals surface area contributed by atoms with Crippen molar-refractivity contribution in [2.45, 2.75) is 352 Å². The maximum Gasteiger partial charge on any atom is 0.184 e. The Hall–Kier alpha value is -1.51. The second kappa shape index (κ2) is 71.9. The summed E-state index contributed by atoms with van der Waals surface area (Å²) in [6.07, 6.45) is 4.15. The summed E-state index contributed by atoms with van der Waals surface area (Å²) in [5.74, 6) is 1.44. The van der Waals surface area contributed by atoms with Gasteiger partial charge in [-0.1, -0.05) is 195 Å². The fraction of sp³-hybridized carbons (Fsp3) is 0.958. The third-order valence-corrected chi connectivity index (χ3v) is 12.9. The van der Waals surface area contributed by atoms with E-state index in [0.29, 0.717) is 35.2 Å². The van der Waals surface area contributed by atoms with Crippen molar-refractivity contribution in [2.75, 3.05) is 73.7 Å². The van der Waals surface area contributed by atoms with Gasteiger partial charge >= 0.3 is 0 Å². The molecule has 0 aromatic rings. The molecule has 8 aliphatic rings. The van der Waals surface area contributed by atoms with Crippen molar-refractivity contribution in [3.05, 3.63) is 11.6 Å². The lowest BCUT2D eigenvalue weighted by Gasteiger charge is -2.23. The molecule has 7 heterocycles. The zero-order valence-electron chi connectivity index (χ0n) is 57.6.